The highest BCUT2D eigenvalue weighted by molar-refractivity contribution is 6.28. The predicted octanol–water partition coefficient (Wildman–Crippen LogP) is 3.39. The molecule has 9 heteroatoms. The van der Waals surface area contributed by atoms with Crippen LogP contribution in [0.5, 0.6) is 6.01 Å². The molecule has 0 aliphatic rings. The Balaban J connectivity index is 2.55. The lowest BCUT2D eigenvalue weighted by atomic mass is 10.1. The van der Waals surface area contributed by atoms with Gasteiger partial charge in [0.15, 0.2) is 5.82 Å². The Kier molecular flexibility index (Phi) is 4.26. The Morgan fingerprint density at radius 2 is 1.90 bits per heavy atom. The van der Waals surface area contributed by atoms with Gasteiger partial charge in [-0.25, -0.2) is 0 Å². The Hall–Kier alpha value is -1.96. The summed E-state index contributed by atoms with van der Waals surface area (Å²) in [4.78, 5) is 14.9. The van der Waals surface area contributed by atoms with Crippen LogP contribution in [0.3, 0.4) is 0 Å². The molecule has 0 unspecified atom stereocenters. The van der Waals surface area contributed by atoms with E-state index in [1.54, 1.807) is 13.8 Å². The fraction of sp³-hybridized carbons (Fsp3) is 0.333. The summed E-state index contributed by atoms with van der Waals surface area (Å²) >= 11 is 5.71. The Morgan fingerprint density at radius 3 is 2.52 bits per heavy atom. The molecular formula is C12H10ClF3N4O. The average molecular weight is 319 g/mol. The third-order valence-electron chi connectivity index (χ3n) is 2.30. The van der Waals surface area contributed by atoms with Gasteiger partial charge in [0.05, 0.1) is 17.2 Å². The zero-order chi connectivity index (χ0) is 15.6. The molecular weight excluding hydrogens is 309 g/mol. The molecule has 0 amide bonds. The number of nitrogens with zero attached hydrogens (tertiary/aromatic N) is 4. The van der Waals surface area contributed by atoms with Gasteiger partial charge < -0.3 is 4.74 Å². The van der Waals surface area contributed by atoms with E-state index in [9.17, 15) is 13.2 Å². The predicted molar refractivity (Wildman–Crippen MR) is 68.8 cm³/mol. The molecule has 5 nitrogen and oxygen atoms in total. The summed E-state index contributed by atoms with van der Waals surface area (Å²) in [7, 11) is 0. The molecule has 0 N–H and O–H groups in total. The van der Waals surface area contributed by atoms with Crippen LogP contribution in [-0.4, -0.2) is 26.0 Å². The lowest BCUT2D eigenvalue weighted by Gasteiger charge is -2.12. The summed E-state index contributed by atoms with van der Waals surface area (Å²) in [5, 5.41) is -0.257. The van der Waals surface area contributed by atoms with E-state index in [2.05, 4.69) is 19.9 Å². The van der Waals surface area contributed by atoms with Crippen LogP contribution in [-0.2, 0) is 6.18 Å². The highest BCUT2D eigenvalue weighted by Crippen LogP contribution is 2.35. The van der Waals surface area contributed by atoms with Gasteiger partial charge in [-0.05, 0) is 31.5 Å². The van der Waals surface area contributed by atoms with Gasteiger partial charge in [0.2, 0.25) is 5.28 Å². The number of hydrogen-bond acceptors (Lipinski definition) is 5. The van der Waals surface area contributed by atoms with Crippen LogP contribution in [0.2, 0.25) is 5.28 Å². The molecule has 0 aliphatic heterocycles. The van der Waals surface area contributed by atoms with Crippen LogP contribution in [0, 0.1) is 0 Å². The summed E-state index contributed by atoms with van der Waals surface area (Å²) < 4.78 is 44.2. The van der Waals surface area contributed by atoms with E-state index in [4.69, 9.17) is 16.3 Å². The number of halogens is 4. The monoisotopic (exact) mass is 318 g/mol. The summed E-state index contributed by atoms with van der Waals surface area (Å²) in [6.45, 7) is 3.45. The molecule has 0 saturated heterocycles. The van der Waals surface area contributed by atoms with Crippen molar-refractivity contribution < 1.29 is 17.9 Å². The van der Waals surface area contributed by atoms with Crippen molar-refractivity contribution in [3.05, 3.63) is 29.3 Å². The van der Waals surface area contributed by atoms with E-state index in [1.165, 1.54) is 0 Å². The third kappa shape index (κ3) is 3.78. The maximum absolute atomic E-state index is 13.0. The van der Waals surface area contributed by atoms with Gasteiger partial charge in [0.25, 0.3) is 0 Å². The smallest absolute Gasteiger partial charge is 0.417 e. The number of hydrogen-bond donors (Lipinski definition) is 0. The van der Waals surface area contributed by atoms with E-state index >= 15 is 0 Å². The lowest BCUT2D eigenvalue weighted by Crippen LogP contribution is -2.12. The molecule has 0 aromatic carbocycles. The molecule has 2 aromatic rings. The van der Waals surface area contributed by atoms with E-state index in [-0.39, 0.29) is 28.8 Å². The number of rotatable bonds is 3. The molecule has 0 aliphatic carbocycles. The number of ether oxygens (including phenoxy) is 1. The Labute approximate surface area is 123 Å². The normalized spacial score (nSPS) is 11.8. The van der Waals surface area contributed by atoms with Crippen LogP contribution in [0.4, 0.5) is 13.2 Å². The summed E-state index contributed by atoms with van der Waals surface area (Å²) in [5.74, 6) is -0.244. The fourth-order valence-electron chi connectivity index (χ4n) is 1.54. The minimum absolute atomic E-state index is 0.142. The van der Waals surface area contributed by atoms with Crippen LogP contribution in [0.15, 0.2) is 18.5 Å². The second-order valence-corrected chi connectivity index (χ2v) is 4.63. The first-order valence-corrected chi connectivity index (χ1v) is 6.25. The van der Waals surface area contributed by atoms with Crippen molar-refractivity contribution in [3.8, 4) is 17.4 Å². The first kappa shape index (κ1) is 15.4. The number of pyridine rings is 1. The van der Waals surface area contributed by atoms with Crippen molar-refractivity contribution in [3.63, 3.8) is 0 Å². The van der Waals surface area contributed by atoms with Crippen molar-refractivity contribution in [1.29, 1.82) is 0 Å². The molecule has 0 spiro atoms. The van der Waals surface area contributed by atoms with E-state index < -0.39 is 11.7 Å². The van der Waals surface area contributed by atoms with E-state index in [1.807, 2.05) is 0 Å². The van der Waals surface area contributed by atoms with Gasteiger partial charge in [0.1, 0.15) is 0 Å². The molecule has 21 heavy (non-hydrogen) atoms. The summed E-state index contributed by atoms with van der Waals surface area (Å²) in [6, 6.07) is 0.702. The maximum Gasteiger partial charge on any atom is 0.417 e. The molecule has 2 rings (SSSR count). The maximum atomic E-state index is 13.0. The largest absolute Gasteiger partial charge is 0.461 e. The zero-order valence-corrected chi connectivity index (χ0v) is 11.8. The average Bonchev–Trinajstić information content (AvgIpc) is 2.36. The topological polar surface area (TPSA) is 60.8 Å². The lowest BCUT2D eigenvalue weighted by molar-refractivity contribution is -0.137. The summed E-state index contributed by atoms with van der Waals surface area (Å²) in [5.41, 5.74) is -1.20. The zero-order valence-electron chi connectivity index (χ0n) is 11.0. The van der Waals surface area contributed by atoms with Crippen molar-refractivity contribution in [1.82, 2.24) is 19.9 Å². The van der Waals surface area contributed by atoms with Gasteiger partial charge in [-0.3, -0.25) is 4.98 Å². The highest BCUT2D eigenvalue weighted by atomic mass is 35.5. The molecule has 0 bridgehead atoms. The SMILES string of the molecule is CC(C)Oc1nc(Cl)nc(-c2cnccc2C(F)(F)F)n1. The molecule has 2 aromatic heterocycles. The molecule has 0 atom stereocenters. The highest BCUT2D eigenvalue weighted by Gasteiger charge is 2.34. The second-order valence-electron chi connectivity index (χ2n) is 4.30. The van der Waals surface area contributed by atoms with Gasteiger partial charge in [0, 0.05) is 12.4 Å². The number of alkyl halides is 3. The molecule has 0 fully saturated rings. The Bertz CT molecular complexity index is 649. The van der Waals surface area contributed by atoms with Crippen LogP contribution in [0.25, 0.3) is 11.4 Å². The van der Waals surface area contributed by atoms with Gasteiger partial charge in [-0.1, -0.05) is 0 Å². The number of aromatic nitrogens is 4. The van der Waals surface area contributed by atoms with Crippen LogP contribution >= 0.6 is 11.6 Å². The standard InChI is InChI=1S/C12H10ClF3N4O/c1-6(2)21-11-19-9(18-10(13)20-11)7-5-17-4-3-8(7)12(14,15)16/h3-6H,1-2H3. The van der Waals surface area contributed by atoms with Gasteiger partial charge in [-0.2, -0.15) is 28.1 Å². The van der Waals surface area contributed by atoms with E-state index in [0.717, 1.165) is 18.5 Å². The van der Waals surface area contributed by atoms with E-state index in [0.29, 0.717) is 0 Å². The van der Waals surface area contributed by atoms with Crippen molar-refractivity contribution in [2.75, 3.05) is 0 Å². The van der Waals surface area contributed by atoms with Crippen LogP contribution in [0.1, 0.15) is 19.4 Å². The minimum Gasteiger partial charge on any atom is -0.461 e. The second kappa shape index (κ2) is 5.80. The van der Waals surface area contributed by atoms with Crippen LogP contribution < -0.4 is 4.74 Å². The summed E-state index contributed by atoms with van der Waals surface area (Å²) in [6.07, 6.45) is -2.75. The quantitative estimate of drug-likeness (QED) is 0.868. The van der Waals surface area contributed by atoms with Crippen molar-refractivity contribution in [2.24, 2.45) is 0 Å². The molecule has 0 radical (unpaired) electrons. The molecule has 112 valence electrons. The van der Waals surface area contributed by atoms with Gasteiger partial charge >= 0.3 is 12.2 Å². The van der Waals surface area contributed by atoms with Gasteiger partial charge in [-0.15, -0.1) is 0 Å². The third-order valence-corrected chi connectivity index (χ3v) is 2.47. The van der Waals surface area contributed by atoms with Crippen molar-refractivity contribution >= 4 is 11.6 Å². The fourth-order valence-corrected chi connectivity index (χ4v) is 1.69. The first-order valence-electron chi connectivity index (χ1n) is 5.87. The molecule has 0 saturated carbocycles. The minimum atomic E-state index is -4.56. The van der Waals surface area contributed by atoms with Crippen molar-refractivity contribution in [2.45, 2.75) is 26.1 Å². The Morgan fingerprint density at radius 1 is 1.19 bits per heavy atom. The first-order chi connectivity index (χ1) is 9.77. The molecule has 2 heterocycles.